The van der Waals surface area contributed by atoms with Gasteiger partial charge in [0.1, 0.15) is 5.75 Å². The van der Waals surface area contributed by atoms with Crippen molar-refractivity contribution in [3.05, 3.63) is 124 Å². The Morgan fingerprint density at radius 2 is 1.52 bits per heavy atom. The van der Waals surface area contributed by atoms with Gasteiger partial charge in [-0.1, -0.05) is 71.8 Å². The van der Waals surface area contributed by atoms with E-state index in [1.807, 2.05) is 6.08 Å². The molecule has 4 aromatic rings. The number of methoxy groups -OCH3 is 3. The third-order valence-electron chi connectivity index (χ3n) is 11.8. The Balaban J connectivity index is 1.35. The number of hydrogen-bond acceptors (Lipinski definition) is 9. The molecule has 0 spiro atoms. The minimum Gasteiger partial charge on any atom is -0.502 e. The van der Waals surface area contributed by atoms with Crippen LogP contribution >= 0.6 is 23.2 Å². The number of amides is 4. The summed E-state index contributed by atoms with van der Waals surface area (Å²) in [4.78, 5) is 60.6. The number of allylic oxidation sites excluding steroid dienone is 2. The van der Waals surface area contributed by atoms with Gasteiger partial charge in [-0.05, 0) is 90.0 Å². The summed E-state index contributed by atoms with van der Waals surface area (Å²) < 4.78 is 16.7. The first-order valence-corrected chi connectivity index (χ1v) is 18.7. The molecular weight excluding hydrogens is 757 g/mol. The lowest BCUT2D eigenvalue weighted by atomic mass is 9.49. The Kier molecular flexibility index (Phi) is 9.33. The number of imide groups is 2. The van der Waals surface area contributed by atoms with E-state index in [-0.39, 0.29) is 52.6 Å². The van der Waals surface area contributed by atoms with Gasteiger partial charge < -0.3 is 19.3 Å². The highest BCUT2D eigenvalue weighted by molar-refractivity contribution is 6.36. The lowest BCUT2D eigenvalue weighted by Crippen LogP contribution is -2.53. The average Bonchev–Trinajstić information content (AvgIpc) is 3.59. The van der Waals surface area contributed by atoms with Crippen LogP contribution in [0.5, 0.6) is 23.0 Å². The molecule has 3 fully saturated rings. The third-order valence-corrected chi connectivity index (χ3v) is 12.4. The van der Waals surface area contributed by atoms with Gasteiger partial charge in [0.15, 0.2) is 11.5 Å². The summed E-state index contributed by atoms with van der Waals surface area (Å²) in [7, 11) is 4.34. The summed E-state index contributed by atoms with van der Waals surface area (Å²) in [5.74, 6) is -5.49. The summed E-state index contributed by atoms with van der Waals surface area (Å²) in [5.41, 5.74) is 4.64. The zero-order valence-electron chi connectivity index (χ0n) is 30.6. The van der Waals surface area contributed by atoms with Crippen molar-refractivity contribution in [2.75, 3.05) is 31.7 Å². The third kappa shape index (κ3) is 5.47. The number of rotatable bonds is 9. The molecule has 8 rings (SSSR count). The zero-order chi connectivity index (χ0) is 39.6. The highest BCUT2D eigenvalue weighted by atomic mass is 35.5. The number of aromatic hydroxyl groups is 1. The number of hydrogen-bond donors (Lipinski definition) is 2. The van der Waals surface area contributed by atoms with Crippen LogP contribution in [0.3, 0.4) is 0 Å². The van der Waals surface area contributed by atoms with Crippen molar-refractivity contribution in [2.24, 2.45) is 23.7 Å². The Morgan fingerprint density at radius 3 is 2.12 bits per heavy atom. The van der Waals surface area contributed by atoms with Crippen LogP contribution in [-0.2, 0) is 24.6 Å². The van der Waals surface area contributed by atoms with E-state index in [9.17, 15) is 14.7 Å². The van der Waals surface area contributed by atoms with E-state index in [1.54, 1.807) is 78.9 Å². The SMILES string of the molecule is C=Cc1ccc(N2C(=O)C3CC=C4C(CC5C(=O)N(Nc6ccc(Cl)cc6Cl)C(=O)C5(c5ccc(OC)cc5)C4c4cc(OC)c(O)c(OC)c4)C3C2=O)cc1. The zero-order valence-corrected chi connectivity index (χ0v) is 32.1. The highest BCUT2D eigenvalue weighted by Gasteiger charge is 2.70. The van der Waals surface area contributed by atoms with Crippen LogP contribution in [0.4, 0.5) is 11.4 Å². The van der Waals surface area contributed by atoms with Gasteiger partial charge in [0, 0.05) is 10.9 Å². The maximum Gasteiger partial charge on any atom is 0.260 e. The molecule has 2 aliphatic carbocycles. The van der Waals surface area contributed by atoms with E-state index in [2.05, 4.69) is 12.0 Å². The molecule has 0 bridgehead atoms. The van der Waals surface area contributed by atoms with Gasteiger partial charge in [-0.15, -0.1) is 0 Å². The lowest BCUT2D eigenvalue weighted by molar-refractivity contribution is -0.138. The predicted molar refractivity (Wildman–Crippen MR) is 211 cm³/mol. The van der Waals surface area contributed by atoms with Crippen molar-refractivity contribution in [1.29, 1.82) is 0 Å². The Bertz CT molecular complexity index is 2320. The van der Waals surface area contributed by atoms with Crippen LogP contribution in [0.25, 0.3) is 6.08 Å². The molecule has 2 aliphatic heterocycles. The maximum atomic E-state index is 15.5. The number of carbonyl (C=O) groups is 4. The minimum absolute atomic E-state index is 0.0707. The second-order valence-corrected chi connectivity index (χ2v) is 15.1. The molecule has 4 aromatic carbocycles. The molecule has 6 unspecified atom stereocenters. The normalized spacial score (nSPS) is 25.3. The fourth-order valence-corrected chi connectivity index (χ4v) is 9.76. The lowest BCUT2D eigenvalue weighted by Gasteiger charge is -2.50. The molecule has 13 heteroatoms. The van der Waals surface area contributed by atoms with Crippen LogP contribution in [-0.4, -0.2) is 55.1 Å². The number of anilines is 2. The molecule has 11 nitrogen and oxygen atoms in total. The minimum atomic E-state index is -1.62. The second kappa shape index (κ2) is 14.1. The Morgan fingerprint density at radius 1 is 0.839 bits per heavy atom. The van der Waals surface area contributed by atoms with Gasteiger partial charge in [0.05, 0.1) is 60.9 Å². The van der Waals surface area contributed by atoms with Gasteiger partial charge in [-0.3, -0.25) is 29.5 Å². The van der Waals surface area contributed by atoms with Crippen LogP contribution in [0, 0.1) is 23.7 Å². The number of fused-ring (bicyclic) bond motifs is 4. The van der Waals surface area contributed by atoms with Crippen molar-refractivity contribution in [3.63, 3.8) is 0 Å². The number of phenolic OH excluding ortho intramolecular Hbond substituents is 1. The number of nitrogens with zero attached hydrogens (tertiary/aromatic N) is 2. The van der Waals surface area contributed by atoms with E-state index in [0.717, 1.165) is 10.6 Å². The topological polar surface area (TPSA) is 135 Å². The molecule has 286 valence electrons. The first kappa shape index (κ1) is 37.2. The summed E-state index contributed by atoms with van der Waals surface area (Å²) in [6.45, 7) is 3.80. The van der Waals surface area contributed by atoms with Gasteiger partial charge in [-0.25, -0.2) is 0 Å². The molecule has 4 aliphatic rings. The van der Waals surface area contributed by atoms with Crippen molar-refractivity contribution >= 4 is 64.3 Å². The second-order valence-electron chi connectivity index (χ2n) is 14.3. The molecule has 1 saturated carbocycles. The molecular formula is C43H37Cl2N3O8. The summed E-state index contributed by atoms with van der Waals surface area (Å²) >= 11 is 12.8. The van der Waals surface area contributed by atoms with Crippen molar-refractivity contribution in [2.45, 2.75) is 24.2 Å². The molecule has 2 N–H and O–H groups in total. The number of benzene rings is 4. The monoisotopic (exact) mass is 793 g/mol. The standard InChI is InChI=1S/C43H37Cl2N3O8/c1-5-22-6-11-26(12-7-22)47-39(50)29-16-15-28-30(36(29)41(47)52)21-31-40(51)48(46-33-17-10-25(44)20-32(33)45)42(53)43(31,24-8-13-27(54-2)14-9-24)37(28)23-18-34(55-3)38(49)35(19-23)56-4/h5-15,17-20,29-31,36-37,46,49H,1,16,21H2,2-4H3. The maximum absolute atomic E-state index is 15.5. The number of nitrogens with one attached hydrogen (secondary N) is 1. The predicted octanol–water partition coefficient (Wildman–Crippen LogP) is 7.56. The summed E-state index contributed by atoms with van der Waals surface area (Å²) in [6.07, 6.45) is 3.92. The van der Waals surface area contributed by atoms with E-state index in [4.69, 9.17) is 37.4 Å². The first-order valence-electron chi connectivity index (χ1n) is 18.0. The van der Waals surface area contributed by atoms with Crippen LogP contribution in [0.2, 0.25) is 10.0 Å². The molecule has 6 atom stereocenters. The van der Waals surface area contributed by atoms with Crippen LogP contribution in [0.15, 0.2) is 97.1 Å². The summed E-state index contributed by atoms with van der Waals surface area (Å²) in [6, 6.07) is 21.9. The van der Waals surface area contributed by atoms with Crippen LogP contribution < -0.4 is 24.5 Å². The Hall–Kier alpha value is -5.78. The van der Waals surface area contributed by atoms with Gasteiger partial charge >= 0.3 is 0 Å². The van der Waals surface area contributed by atoms with Gasteiger partial charge in [0.25, 0.3) is 11.8 Å². The van der Waals surface area contributed by atoms with Crippen LogP contribution in [0.1, 0.15) is 35.4 Å². The largest absolute Gasteiger partial charge is 0.502 e. The number of phenols is 1. The smallest absolute Gasteiger partial charge is 0.260 e. The van der Waals surface area contributed by atoms with Crippen molar-refractivity contribution in [1.82, 2.24) is 5.01 Å². The van der Waals surface area contributed by atoms with E-state index >= 15 is 9.59 Å². The highest BCUT2D eigenvalue weighted by Crippen LogP contribution is 2.65. The van der Waals surface area contributed by atoms with E-state index in [0.29, 0.717) is 33.2 Å². The van der Waals surface area contributed by atoms with Gasteiger partial charge in [0.2, 0.25) is 17.6 Å². The fraction of sp³-hybridized carbons (Fsp3) is 0.256. The first-order chi connectivity index (χ1) is 27.0. The summed E-state index contributed by atoms with van der Waals surface area (Å²) in [5, 5.41) is 12.6. The van der Waals surface area contributed by atoms with Crippen molar-refractivity contribution in [3.8, 4) is 23.0 Å². The number of ether oxygens (including phenoxy) is 3. The molecule has 4 amide bonds. The molecule has 0 radical (unpaired) electrons. The fourth-order valence-electron chi connectivity index (χ4n) is 9.31. The number of carbonyl (C=O) groups excluding carboxylic acids is 4. The molecule has 0 aromatic heterocycles. The van der Waals surface area contributed by atoms with Crippen molar-refractivity contribution < 1.29 is 38.5 Å². The number of halogens is 2. The van der Waals surface area contributed by atoms with Gasteiger partial charge in [-0.2, -0.15) is 5.01 Å². The average molecular weight is 795 g/mol. The van der Waals surface area contributed by atoms with E-state index in [1.165, 1.54) is 32.3 Å². The number of hydrazine groups is 1. The molecule has 56 heavy (non-hydrogen) atoms. The molecule has 2 heterocycles. The molecule has 2 saturated heterocycles. The quantitative estimate of drug-likeness (QED) is 0.130. The Labute approximate surface area is 333 Å². The van der Waals surface area contributed by atoms with E-state index < -0.39 is 46.8 Å².